The maximum Gasteiger partial charge on any atom is 0.227 e. The van der Waals surface area contributed by atoms with Crippen molar-refractivity contribution in [2.45, 2.75) is 39.5 Å². The maximum atomic E-state index is 12.2. The number of aromatic nitrogens is 4. The predicted octanol–water partition coefficient (Wildman–Crippen LogP) is 4.20. The van der Waals surface area contributed by atoms with Crippen LogP contribution in [0, 0.1) is 19.8 Å². The van der Waals surface area contributed by atoms with Gasteiger partial charge in [-0.1, -0.05) is 12.8 Å². The number of hydrogen-bond donors (Lipinski definition) is 1. The minimum absolute atomic E-state index is 0.108. The Labute approximate surface area is 163 Å². The number of ether oxygens (including phenoxy) is 1. The number of aryl methyl sites for hydroxylation is 2. The van der Waals surface area contributed by atoms with E-state index in [1.807, 2.05) is 44.2 Å². The summed E-state index contributed by atoms with van der Waals surface area (Å²) in [7, 11) is 0. The van der Waals surface area contributed by atoms with Crippen LogP contribution in [0.3, 0.4) is 0 Å². The van der Waals surface area contributed by atoms with Gasteiger partial charge in [-0.3, -0.25) is 4.79 Å². The molecular weight excluding hydrogens is 354 g/mol. The average molecular weight is 377 g/mol. The zero-order valence-corrected chi connectivity index (χ0v) is 16.1. The van der Waals surface area contributed by atoms with E-state index in [0.717, 1.165) is 42.8 Å². The van der Waals surface area contributed by atoms with Gasteiger partial charge in [0.25, 0.3) is 0 Å². The van der Waals surface area contributed by atoms with Gasteiger partial charge in [-0.2, -0.15) is 5.10 Å². The topological polar surface area (TPSA) is 81.9 Å². The first-order valence-corrected chi connectivity index (χ1v) is 9.53. The van der Waals surface area contributed by atoms with Crippen molar-refractivity contribution in [2.75, 3.05) is 5.32 Å². The summed E-state index contributed by atoms with van der Waals surface area (Å²) in [4.78, 5) is 20.7. The van der Waals surface area contributed by atoms with Gasteiger partial charge in [-0.15, -0.1) is 0 Å². The van der Waals surface area contributed by atoms with E-state index in [4.69, 9.17) is 4.74 Å². The third-order valence-corrected chi connectivity index (χ3v) is 4.92. The van der Waals surface area contributed by atoms with Crippen molar-refractivity contribution in [1.82, 2.24) is 19.7 Å². The van der Waals surface area contributed by atoms with E-state index in [1.165, 1.54) is 6.33 Å². The summed E-state index contributed by atoms with van der Waals surface area (Å²) in [6, 6.07) is 11.0. The molecule has 0 saturated heterocycles. The number of anilines is 1. The first-order valence-electron chi connectivity index (χ1n) is 9.53. The molecule has 0 bridgehead atoms. The van der Waals surface area contributed by atoms with Crippen molar-refractivity contribution in [3.63, 3.8) is 0 Å². The van der Waals surface area contributed by atoms with Crippen molar-refractivity contribution in [2.24, 2.45) is 5.92 Å². The molecule has 1 saturated carbocycles. The number of amides is 1. The number of benzene rings is 1. The van der Waals surface area contributed by atoms with Crippen LogP contribution in [-0.2, 0) is 4.79 Å². The van der Waals surface area contributed by atoms with E-state index in [0.29, 0.717) is 17.4 Å². The zero-order chi connectivity index (χ0) is 19.5. The maximum absolute atomic E-state index is 12.2. The molecule has 1 aromatic carbocycles. The molecule has 1 aliphatic rings. The van der Waals surface area contributed by atoms with Crippen molar-refractivity contribution < 1.29 is 9.53 Å². The molecule has 0 radical (unpaired) electrons. The van der Waals surface area contributed by atoms with E-state index < -0.39 is 0 Å². The van der Waals surface area contributed by atoms with Gasteiger partial charge in [-0.05, 0) is 57.0 Å². The lowest BCUT2D eigenvalue weighted by atomic mass is 10.1. The van der Waals surface area contributed by atoms with Crippen LogP contribution in [0.25, 0.3) is 5.82 Å². The summed E-state index contributed by atoms with van der Waals surface area (Å²) in [6.45, 7) is 3.91. The molecule has 0 aliphatic heterocycles. The summed E-state index contributed by atoms with van der Waals surface area (Å²) >= 11 is 0. The highest BCUT2D eigenvalue weighted by Crippen LogP contribution is 2.27. The summed E-state index contributed by atoms with van der Waals surface area (Å²) in [5.74, 6) is 1.97. The van der Waals surface area contributed by atoms with Crippen LogP contribution in [0.5, 0.6) is 11.6 Å². The van der Waals surface area contributed by atoms with E-state index >= 15 is 0 Å². The highest BCUT2D eigenvalue weighted by atomic mass is 16.5. The third kappa shape index (κ3) is 4.03. The lowest BCUT2D eigenvalue weighted by Crippen LogP contribution is -2.20. The van der Waals surface area contributed by atoms with Crippen LogP contribution in [0.2, 0.25) is 0 Å². The van der Waals surface area contributed by atoms with Gasteiger partial charge in [0.1, 0.15) is 12.1 Å². The quantitative estimate of drug-likeness (QED) is 0.721. The molecule has 2 aromatic heterocycles. The van der Waals surface area contributed by atoms with Gasteiger partial charge in [-0.25, -0.2) is 14.6 Å². The molecule has 0 unspecified atom stereocenters. The smallest absolute Gasteiger partial charge is 0.227 e. The van der Waals surface area contributed by atoms with Crippen LogP contribution >= 0.6 is 0 Å². The summed E-state index contributed by atoms with van der Waals surface area (Å²) in [5.41, 5.74) is 2.69. The van der Waals surface area contributed by atoms with Crippen molar-refractivity contribution >= 4 is 11.6 Å². The normalized spacial score (nSPS) is 14.2. The van der Waals surface area contributed by atoms with Crippen LogP contribution in [0.1, 0.15) is 37.1 Å². The lowest BCUT2D eigenvalue weighted by molar-refractivity contribution is -0.119. The number of nitrogens with one attached hydrogen (secondary N) is 1. The molecule has 1 amide bonds. The van der Waals surface area contributed by atoms with Gasteiger partial charge >= 0.3 is 0 Å². The minimum atomic E-state index is 0.108. The fraction of sp³-hybridized carbons (Fsp3) is 0.333. The van der Waals surface area contributed by atoms with Crippen LogP contribution in [0.15, 0.2) is 42.7 Å². The Kier molecular flexibility index (Phi) is 5.06. The molecule has 1 aliphatic carbocycles. The molecule has 144 valence electrons. The minimum Gasteiger partial charge on any atom is -0.439 e. The molecule has 28 heavy (non-hydrogen) atoms. The van der Waals surface area contributed by atoms with Gasteiger partial charge in [0.15, 0.2) is 5.82 Å². The Bertz CT molecular complexity index is 975. The Hall–Kier alpha value is -3.22. The zero-order valence-electron chi connectivity index (χ0n) is 16.1. The Morgan fingerprint density at radius 3 is 2.54 bits per heavy atom. The second kappa shape index (κ2) is 7.80. The molecule has 1 fully saturated rings. The Morgan fingerprint density at radius 1 is 1.11 bits per heavy atom. The van der Waals surface area contributed by atoms with Gasteiger partial charge < -0.3 is 10.1 Å². The van der Waals surface area contributed by atoms with Crippen LogP contribution in [-0.4, -0.2) is 25.7 Å². The van der Waals surface area contributed by atoms with Crippen molar-refractivity contribution in [1.29, 1.82) is 0 Å². The highest BCUT2D eigenvalue weighted by Gasteiger charge is 2.22. The standard InChI is InChI=1S/C21H23N5O2/c1-14-11-15(2)26(25-14)19-12-20(23-13-22-19)28-18-9-7-17(8-10-18)24-21(27)16-5-3-4-6-16/h7-13,16H,3-6H2,1-2H3,(H,24,27). The Balaban J connectivity index is 1.44. The molecule has 3 aromatic rings. The van der Waals surface area contributed by atoms with E-state index in [1.54, 1.807) is 10.7 Å². The second-order valence-electron chi connectivity index (χ2n) is 7.15. The summed E-state index contributed by atoms with van der Waals surface area (Å²) < 4.78 is 7.60. The molecule has 7 heteroatoms. The molecule has 7 nitrogen and oxygen atoms in total. The summed E-state index contributed by atoms with van der Waals surface area (Å²) in [6.07, 6.45) is 5.71. The number of carbonyl (C=O) groups excluding carboxylic acids is 1. The number of hydrogen-bond acceptors (Lipinski definition) is 5. The molecule has 4 rings (SSSR count). The van der Waals surface area contributed by atoms with Crippen LogP contribution < -0.4 is 10.1 Å². The first kappa shape index (κ1) is 18.2. The van der Waals surface area contributed by atoms with E-state index in [-0.39, 0.29) is 11.8 Å². The predicted molar refractivity (Wildman–Crippen MR) is 106 cm³/mol. The third-order valence-electron chi connectivity index (χ3n) is 4.92. The number of nitrogens with zero attached hydrogens (tertiary/aromatic N) is 4. The van der Waals surface area contributed by atoms with E-state index in [2.05, 4.69) is 20.4 Å². The lowest BCUT2D eigenvalue weighted by Gasteiger charge is -2.11. The van der Waals surface area contributed by atoms with Crippen LogP contribution in [0.4, 0.5) is 5.69 Å². The molecule has 2 heterocycles. The van der Waals surface area contributed by atoms with Crippen molar-refractivity contribution in [3.8, 4) is 17.4 Å². The fourth-order valence-corrected chi connectivity index (χ4v) is 3.52. The highest BCUT2D eigenvalue weighted by molar-refractivity contribution is 5.92. The van der Waals surface area contributed by atoms with Gasteiger partial charge in [0.2, 0.25) is 11.8 Å². The van der Waals surface area contributed by atoms with Crippen molar-refractivity contribution in [3.05, 3.63) is 54.1 Å². The summed E-state index contributed by atoms with van der Waals surface area (Å²) in [5, 5.41) is 7.41. The van der Waals surface area contributed by atoms with E-state index in [9.17, 15) is 4.79 Å². The first-order chi connectivity index (χ1) is 13.6. The number of carbonyl (C=O) groups is 1. The fourth-order valence-electron chi connectivity index (χ4n) is 3.52. The molecule has 1 N–H and O–H groups in total. The number of rotatable bonds is 5. The average Bonchev–Trinajstić information content (AvgIpc) is 3.33. The molecule has 0 spiro atoms. The second-order valence-corrected chi connectivity index (χ2v) is 7.15. The largest absolute Gasteiger partial charge is 0.439 e. The van der Waals surface area contributed by atoms with Gasteiger partial charge in [0.05, 0.1) is 5.69 Å². The molecular formula is C21H23N5O2. The molecule has 0 atom stereocenters. The van der Waals surface area contributed by atoms with Gasteiger partial charge in [0, 0.05) is 23.4 Å². The Morgan fingerprint density at radius 2 is 1.86 bits per heavy atom. The SMILES string of the molecule is Cc1cc(C)n(-c2cc(Oc3ccc(NC(=O)C4CCCC4)cc3)ncn2)n1. The monoisotopic (exact) mass is 377 g/mol.